The SMILES string of the molecule is CCc1cc(Cl)ccc1NC(=O)N1CCN(CC(C)C)[C@H](CCO)C1. The van der Waals surface area contributed by atoms with E-state index in [2.05, 4.69) is 24.1 Å². The first kappa shape index (κ1) is 20.0. The minimum atomic E-state index is -0.0795. The standard InChI is InChI=1S/C19H30ClN3O2/c1-4-15-11-16(20)5-6-18(15)21-19(25)23-9-8-22(12-14(2)3)17(13-23)7-10-24/h5-6,11,14,17,24H,4,7-10,12-13H2,1-3H3,(H,21,25)/t17-/m1/s1. The molecule has 0 bridgehead atoms. The Morgan fingerprint density at radius 1 is 1.40 bits per heavy atom. The number of aliphatic hydroxyl groups is 1. The lowest BCUT2D eigenvalue weighted by Crippen LogP contribution is -2.56. The smallest absolute Gasteiger partial charge is 0.321 e. The van der Waals surface area contributed by atoms with Crippen molar-refractivity contribution in [3.63, 3.8) is 0 Å². The topological polar surface area (TPSA) is 55.8 Å². The van der Waals surface area contributed by atoms with Crippen LogP contribution in [0, 0.1) is 5.92 Å². The number of amides is 2. The van der Waals surface area contributed by atoms with E-state index in [0.29, 0.717) is 30.5 Å². The number of piperazine rings is 1. The summed E-state index contributed by atoms with van der Waals surface area (Å²) in [6.45, 7) is 9.78. The number of carbonyl (C=O) groups excluding carboxylic acids is 1. The fraction of sp³-hybridized carbons (Fsp3) is 0.632. The second-order valence-corrected chi connectivity index (χ2v) is 7.52. The van der Waals surface area contributed by atoms with Gasteiger partial charge in [0.05, 0.1) is 0 Å². The quantitative estimate of drug-likeness (QED) is 0.809. The molecule has 1 aromatic carbocycles. The molecule has 0 unspecified atom stereocenters. The lowest BCUT2D eigenvalue weighted by Gasteiger charge is -2.42. The van der Waals surface area contributed by atoms with Crippen LogP contribution in [0.2, 0.25) is 5.02 Å². The monoisotopic (exact) mass is 367 g/mol. The van der Waals surface area contributed by atoms with E-state index in [1.807, 2.05) is 24.0 Å². The summed E-state index contributed by atoms with van der Waals surface area (Å²) in [6.07, 6.45) is 1.50. The summed E-state index contributed by atoms with van der Waals surface area (Å²) >= 11 is 6.04. The molecule has 5 nitrogen and oxygen atoms in total. The number of nitrogens with one attached hydrogen (secondary N) is 1. The predicted molar refractivity (Wildman–Crippen MR) is 103 cm³/mol. The molecule has 0 aliphatic carbocycles. The molecule has 1 aliphatic rings. The van der Waals surface area contributed by atoms with Crippen molar-refractivity contribution in [2.45, 2.75) is 39.7 Å². The molecule has 0 spiro atoms. The maximum Gasteiger partial charge on any atom is 0.321 e. The van der Waals surface area contributed by atoms with Crippen LogP contribution in [0.5, 0.6) is 0 Å². The maximum atomic E-state index is 12.7. The van der Waals surface area contributed by atoms with E-state index in [0.717, 1.165) is 30.8 Å². The third-order valence-electron chi connectivity index (χ3n) is 4.64. The van der Waals surface area contributed by atoms with Gasteiger partial charge in [-0.3, -0.25) is 4.90 Å². The van der Waals surface area contributed by atoms with E-state index in [-0.39, 0.29) is 18.7 Å². The molecule has 0 radical (unpaired) electrons. The Balaban J connectivity index is 2.02. The van der Waals surface area contributed by atoms with Gasteiger partial charge in [0.25, 0.3) is 0 Å². The van der Waals surface area contributed by atoms with Gasteiger partial charge < -0.3 is 15.3 Å². The van der Waals surface area contributed by atoms with E-state index < -0.39 is 0 Å². The van der Waals surface area contributed by atoms with Gasteiger partial charge in [-0.15, -0.1) is 0 Å². The lowest BCUT2D eigenvalue weighted by atomic mass is 10.1. The fourth-order valence-electron chi connectivity index (χ4n) is 3.38. The van der Waals surface area contributed by atoms with Crippen molar-refractivity contribution >= 4 is 23.3 Å². The number of urea groups is 1. The first-order valence-electron chi connectivity index (χ1n) is 9.13. The number of hydrogen-bond acceptors (Lipinski definition) is 3. The Bertz CT molecular complexity index is 580. The van der Waals surface area contributed by atoms with Crippen molar-refractivity contribution in [3.05, 3.63) is 28.8 Å². The number of benzene rings is 1. The predicted octanol–water partition coefficient (Wildman–Crippen LogP) is 3.46. The van der Waals surface area contributed by atoms with Gasteiger partial charge in [0.15, 0.2) is 0 Å². The van der Waals surface area contributed by atoms with Gasteiger partial charge in [-0.05, 0) is 42.5 Å². The van der Waals surface area contributed by atoms with Crippen LogP contribution < -0.4 is 5.32 Å². The normalized spacial score (nSPS) is 18.6. The van der Waals surface area contributed by atoms with Crippen LogP contribution in [0.3, 0.4) is 0 Å². The molecule has 6 heteroatoms. The van der Waals surface area contributed by atoms with Crippen LogP contribution >= 0.6 is 11.6 Å². The number of aliphatic hydroxyl groups excluding tert-OH is 1. The summed E-state index contributed by atoms with van der Waals surface area (Å²) in [5.74, 6) is 0.572. The minimum absolute atomic E-state index is 0.0795. The Labute approximate surface area is 155 Å². The van der Waals surface area contributed by atoms with Crippen molar-refractivity contribution in [3.8, 4) is 0 Å². The highest BCUT2D eigenvalue weighted by Gasteiger charge is 2.29. The van der Waals surface area contributed by atoms with E-state index in [4.69, 9.17) is 11.6 Å². The number of nitrogens with zero attached hydrogens (tertiary/aromatic N) is 2. The highest BCUT2D eigenvalue weighted by atomic mass is 35.5. The molecule has 1 fully saturated rings. The van der Waals surface area contributed by atoms with Gasteiger partial charge in [0, 0.05) is 49.5 Å². The highest BCUT2D eigenvalue weighted by molar-refractivity contribution is 6.30. The van der Waals surface area contributed by atoms with E-state index in [1.165, 1.54) is 0 Å². The molecular weight excluding hydrogens is 338 g/mol. The summed E-state index contributed by atoms with van der Waals surface area (Å²) < 4.78 is 0. The van der Waals surface area contributed by atoms with Crippen LogP contribution in [-0.2, 0) is 6.42 Å². The first-order valence-corrected chi connectivity index (χ1v) is 9.51. The average Bonchev–Trinajstić information content (AvgIpc) is 2.57. The fourth-order valence-corrected chi connectivity index (χ4v) is 3.58. The Kier molecular flexibility index (Phi) is 7.54. The van der Waals surface area contributed by atoms with Crippen LogP contribution in [-0.4, -0.2) is 59.8 Å². The molecule has 2 N–H and O–H groups in total. The second-order valence-electron chi connectivity index (χ2n) is 7.09. The van der Waals surface area contributed by atoms with E-state index in [1.54, 1.807) is 6.07 Å². The van der Waals surface area contributed by atoms with Crippen molar-refractivity contribution in [1.29, 1.82) is 0 Å². The van der Waals surface area contributed by atoms with Crippen molar-refractivity contribution < 1.29 is 9.90 Å². The molecule has 1 heterocycles. The Morgan fingerprint density at radius 3 is 2.80 bits per heavy atom. The zero-order valence-corrected chi connectivity index (χ0v) is 16.2. The molecule has 1 aromatic rings. The summed E-state index contributed by atoms with van der Waals surface area (Å²) in [4.78, 5) is 16.9. The van der Waals surface area contributed by atoms with Gasteiger partial charge in [-0.25, -0.2) is 4.79 Å². The highest BCUT2D eigenvalue weighted by Crippen LogP contribution is 2.22. The van der Waals surface area contributed by atoms with Gasteiger partial charge in [-0.1, -0.05) is 32.4 Å². The minimum Gasteiger partial charge on any atom is -0.396 e. The number of halogens is 1. The zero-order chi connectivity index (χ0) is 18.4. The summed E-state index contributed by atoms with van der Waals surface area (Å²) in [5.41, 5.74) is 1.85. The number of anilines is 1. The third kappa shape index (κ3) is 5.59. The van der Waals surface area contributed by atoms with Crippen LogP contribution in [0.15, 0.2) is 18.2 Å². The summed E-state index contributed by atoms with van der Waals surface area (Å²) in [5, 5.41) is 13.1. The zero-order valence-electron chi connectivity index (χ0n) is 15.5. The second kappa shape index (κ2) is 9.41. The number of aryl methyl sites for hydroxylation is 1. The van der Waals surface area contributed by atoms with Gasteiger partial charge in [0.1, 0.15) is 0 Å². The molecule has 1 aliphatic heterocycles. The molecule has 25 heavy (non-hydrogen) atoms. The molecule has 1 saturated heterocycles. The Morgan fingerprint density at radius 2 is 2.16 bits per heavy atom. The Hall–Kier alpha value is -1.30. The molecule has 0 aromatic heterocycles. The van der Waals surface area contributed by atoms with Gasteiger partial charge >= 0.3 is 6.03 Å². The van der Waals surface area contributed by atoms with E-state index >= 15 is 0 Å². The maximum absolute atomic E-state index is 12.7. The average molecular weight is 368 g/mol. The van der Waals surface area contributed by atoms with Gasteiger partial charge in [-0.2, -0.15) is 0 Å². The third-order valence-corrected chi connectivity index (χ3v) is 4.88. The molecule has 0 saturated carbocycles. The lowest BCUT2D eigenvalue weighted by molar-refractivity contribution is 0.0689. The van der Waals surface area contributed by atoms with Crippen LogP contribution in [0.4, 0.5) is 10.5 Å². The first-order chi connectivity index (χ1) is 11.9. The molecule has 1 atom stereocenters. The van der Waals surface area contributed by atoms with Crippen LogP contribution in [0.25, 0.3) is 0 Å². The van der Waals surface area contributed by atoms with Gasteiger partial charge in [0.2, 0.25) is 0 Å². The van der Waals surface area contributed by atoms with E-state index in [9.17, 15) is 9.90 Å². The number of rotatable bonds is 6. The van der Waals surface area contributed by atoms with Crippen LogP contribution in [0.1, 0.15) is 32.8 Å². The largest absolute Gasteiger partial charge is 0.396 e. The van der Waals surface area contributed by atoms with Crippen molar-refractivity contribution in [1.82, 2.24) is 9.80 Å². The number of hydrogen-bond donors (Lipinski definition) is 2. The molecule has 2 amide bonds. The van der Waals surface area contributed by atoms with Crippen molar-refractivity contribution in [2.24, 2.45) is 5.92 Å². The number of carbonyl (C=O) groups is 1. The summed E-state index contributed by atoms with van der Waals surface area (Å²) in [7, 11) is 0. The molecule has 140 valence electrons. The van der Waals surface area contributed by atoms with Crippen molar-refractivity contribution in [2.75, 3.05) is 38.1 Å². The summed E-state index contributed by atoms with van der Waals surface area (Å²) in [6, 6.07) is 5.68. The molecule has 2 rings (SSSR count). The molecular formula is C19H30ClN3O2.